The van der Waals surface area contributed by atoms with Crippen molar-refractivity contribution in [2.24, 2.45) is 5.92 Å². The van der Waals surface area contributed by atoms with E-state index in [2.05, 4.69) is 4.98 Å². The molecule has 2 aromatic heterocycles. The Balaban J connectivity index is 1.74. The van der Waals surface area contributed by atoms with Crippen LogP contribution in [0, 0.1) is 12.8 Å². The van der Waals surface area contributed by atoms with E-state index in [4.69, 9.17) is 4.42 Å². The van der Waals surface area contributed by atoms with Crippen LogP contribution in [0.15, 0.2) is 22.1 Å². The lowest BCUT2D eigenvalue weighted by Crippen LogP contribution is -2.42. The van der Waals surface area contributed by atoms with Crippen LogP contribution in [0.4, 0.5) is 0 Å². The number of likely N-dealkylation sites (tertiary alicyclic amines) is 1. The van der Waals surface area contributed by atoms with Gasteiger partial charge in [-0.05, 0) is 32.8 Å². The van der Waals surface area contributed by atoms with Crippen molar-refractivity contribution >= 4 is 17.2 Å². The van der Waals surface area contributed by atoms with Crippen LogP contribution in [0.2, 0.25) is 0 Å². The van der Waals surface area contributed by atoms with Crippen molar-refractivity contribution in [1.29, 1.82) is 0 Å². The molecule has 6 heteroatoms. The van der Waals surface area contributed by atoms with Crippen LogP contribution >= 0.6 is 11.3 Å². The van der Waals surface area contributed by atoms with Crippen LogP contribution in [0.5, 0.6) is 0 Å². The second-order valence-electron chi connectivity index (χ2n) is 5.85. The molecule has 118 valence electrons. The normalized spacial score (nSPS) is 20.1. The van der Waals surface area contributed by atoms with Gasteiger partial charge in [0.1, 0.15) is 12.0 Å². The van der Waals surface area contributed by atoms with E-state index >= 15 is 0 Å². The number of carbonyl (C=O) groups is 1. The molecular formula is C16H20N2O3S. The molecule has 1 aliphatic rings. The number of rotatable bonds is 3. The molecule has 1 fully saturated rings. The molecule has 0 unspecified atom stereocenters. The maximum atomic E-state index is 12.6. The molecule has 5 nitrogen and oxygen atoms in total. The summed E-state index contributed by atoms with van der Waals surface area (Å²) in [7, 11) is 0. The highest BCUT2D eigenvalue weighted by molar-refractivity contribution is 7.09. The van der Waals surface area contributed by atoms with Gasteiger partial charge in [-0.2, -0.15) is 0 Å². The molecule has 3 rings (SSSR count). The summed E-state index contributed by atoms with van der Waals surface area (Å²) in [6, 6.07) is 1.75. The Bertz CT molecular complexity index is 662. The number of thiazole rings is 1. The maximum Gasteiger partial charge on any atom is 0.257 e. The Kier molecular flexibility index (Phi) is 4.31. The number of aliphatic hydroxyl groups is 1. The number of nitrogens with zero attached hydrogens (tertiary/aromatic N) is 2. The largest absolute Gasteiger partial charge is 0.462 e. The third-order valence-corrected chi connectivity index (χ3v) is 4.92. The van der Waals surface area contributed by atoms with Crippen LogP contribution in [-0.2, 0) is 0 Å². The molecule has 1 aliphatic heterocycles. The van der Waals surface area contributed by atoms with Crippen molar-refractivity contribution in [3.8, 4) is 11.5 Å². The Hall–Kier alpha value is -1.66. The monoisotopic (exact) mass is 320 g/mol. The van der Waals surface area contributed by atoms with Crippen LogP contribution < -0.4 is 0 Å². The summed E-state index contributed by atoms with van der Waals surface area (Å²) in [6.07, 6.45) is 3.01. The van der Waals surface area contributed by atoms with E-state index in [0.717, 1.165) is 30.1 Å². The van der Waals surface area contributed by atoms with E-state index in [1.807, 2.05) is 17.2 Å². The van der Waals surface area contributed by atoms with E-state index in [1.165, 1.54) is 6.26 Å². The molecule has 0 spiro atoms. The minimum absolute atomic E-state index is 0.0349. The highest BCUT2D eigenvalue weighted by Gasteiger charge is 2.28. The predicted octanol–water partition coefficient (Wildman–Crippen LogP) is 2.94. The molecule has 0 radical (unpaired) electrons. The second kappa shape index (κ2) is 6.22. The molecule has 0 bridgehead atoms. The van der Waals surface area contributed by atoms with Gasteiger partial charge in [0, 0.05) is 24.4 Å². The predicted molar refractivity (Wildman–Crippen MR) is 84.9 cm³/mol. The molecule has 3 heterocycles. The van der Waals surface area contributed by atoms with Gasteiger partial charge in [0.15, 0.2) is 5.76 Å². The first-order valence-corrected chi connectivity index (χ1v) is 8.41. The fraction of sp³-hybridized carbons (Fsp3) is 0.500. The van der Waals surface area contributed by atoms with Crippen molar-refractivity contribution in [1.82, 2.24) is 9.88 Å². The molecule has 2 aromatic rings. The summed E-state index contributed by atoms with van der Waals surface area (Å²) in [4.78, 5) is 18.8. The summed E-state index contributed by atoms with van der Waals surface area (Å²) >= 11 is 1.55. The number of aromatic nitrogens is 1. The van der Waals surface area contributed by atoms with Gasteiger partial charge in [-0.3, -0.25) is 4.79 Å². The molecule has 0 aromatic carbocycles. The molecule has 0 saturated carbocycles. The van der Waals surface area contributed by atoms with Crippen LogP contribution in [0.25, 0.3) is 11.5 Å². The third kappa shape index (κ3) is 3.08. The average molecular weight is 320 g/mol. The Labute approximate surface area is 133 Å². The van der Waals surface area contributed by atoms with Crippen molar-refractivity contribution < 1.29 is 14.3 Å². The van der Waals surface area contributed by atoms with E-state index in [9.17, 15) is 9.90 Å². The smallest absolute Gasteiger partial charge is 0.257 e. The lowest BCUT2D eigenvalue weighted by molar-refractivity contribution is 0.0465. The first-order chi connectivity index (χ1) is 10.5. The van der Waals surface area contributed by atoms with Crippen LogP contribution in [0.1, 0.15) is 35.1 Å². The van der Waals surface area contributed by atoms with Gasteiger partial charge in [0.25, 0.3) is 5.91 Å². The summed E-state index contributed by atoms with van der Waals surface area (Å²) in [5, 5.41) is 12.6. The van der Waals surface area contributed by atoms with Gasteiger partial charge in [0.2, 0.25) is 0 Å². The first-order valence-electron chi connectivity index (χ1n) is 7.53. The Morgan fingerprint density at radius 1 is 1.59 bits per heavy atom. The number of carbonyl (C=O) groups excluding carboxylic acids is 1. The zero-order valence-electron chi connectivity index (χ0n) is 12.8. The quantitative estimate of drug-likeness (QED) is 0.944. The van der Waals surface area contributed by atoms with Crippen LogP contribution in [0.3, 0.4) is 0 Å². The zero-order chi connectivity index (χ0) is 15.7. The van der Waals surface area contributed by atoms with Gasteiger partial charge >= 0.3 is 0 Å². The average Bonchev–Trinajstić information content (AvgIpc) is 3.15. The number of piperidine rings is 1. The third-order valence-electron chi connectivity index (χ3n) is 4.15. The van der Waals surface area contributed by atoms with Crippen molar-refractivity contribution in [2.75, 3.05) is 13.1 Å². The van der Waals surface area contributed by atoms with Gasteiger partial charge < -0.3 is 14.4 Å². The summed E-state index contributed by atoms with van der Waals surface area (Å²) < 4.78 is 5.50. The summed E-state index contributed by atoms with van der Waals surface area (Å²) in [6.45, 7) is 5.07. The molecule has 0 aliphatic carbocycles. The first kappa shape index (κ1) is 15.2. The van der Waals surface area contributed by atoms with Gasteiger partial charge in [-0.1, -0.05) is 0 Å². The van der Waals surface area contributed by atoms with E-state index < -0.39 is 0 Å². The fourth-order valence-electron chi connectivity index (χ4n) is 2.83. The molecule has 2 atom stereocenters. The molecule has 1 saturated heterocycles. The van der Waals surface area contributed by atoms with Crippen molar-refractivity contribution in [3.05, 3.63) is 28.3 Å². The topological polar surface area (TPSA) is 66.6 Å². The number of hydrogen-bond donors (Lipinski definition) is 1. The minimum Gasteiger partial charge on any atom is -0.462 e. The number of aliphatic hydroxyl groups excluding tert-OH is 1. The lowest BCUT2D eigenvalue weighted by Gasteiger charge is -2.33. The number of hydrogen-bond acceptors (Lipinski definition) is 5. The second-order valence-corrected chi connectivity index (χ2v) is 6.91. The van der Waals surface area contributed by atoms with Gasteiger partial charge in [-0.25, -0.2) is 4.98 Å². The lowest BCUT2D eigenvalue weighted by atomic mass is 9.93. The SMILES string of the molecule is Cc1nc(-c2cc(C(=O)N3CCC[C@@H]([C@H](C)O)C3)co2)cs1. The number of aryl methyl sites for hydroxylation is 1. The van der Waals surface area contributed by atoms with Crippen molar-refractivity contribution in [2.45, 2.75) is 32.8 Å². The fourth-order valence-corrected chi connectivity index (χ4v) is 3.43. The Morgan fingerprint density at radius 3 is 3.09 bits per heavy atom. The van der Waals surface area contributed by atoms with Crippen molar-refractivity contribution in [3.63, 3.8) is 0 Å². The van der Waals surface area contributed by atoms with Gasteiger partial charge in [-0.15, -0.1) is 11.3 Å². The summed E-state index contributed by atoms with van der Waals surface area (Å²) in [5.41, 5.74) is 1.31. The molecule has 1 amide bonds. The zero-order valence-corrected chi connectivity index (χ0v) is 13.6. The molecule has 1 N–H and O–H groups in total. The Morgan fingerprint density at radius 2 is 2.41 bits per heavy atom. The number of amides is 1. The van der Waals surface area contributed by atoms with Crippen LogP contribution in [-0.4, -0.2) is 40.1 Å². The standard InChI is InChI=1S/C16H20N2O3S/c1-10(19)12-4-3-5-18(7-12)16(20)13-6-15(21-8-13)14-9-22-11(2)17-14/h6,8-10,12,19H,3-5,7H2,1-2H3/t10-,12+/m0/s1. The molecular weight excluding hydrogens is 300 g/mol. The van der Waals surface area contributed by atoms with E-state index in [1.54, 1.807) is 24.3 Å². The highest BCUT2D eigenvalue weighted by Crippen LogP contribution is 2.26. The molecule has 22 heavy (non-hydrogen) atoms. The summed E-state index contributed by atoms with van der Waals surface area (Å²) in [5.74, 6) is 0.745. The maximum absolute atomic E-state index is 12.6. The minimum atomic E-state index is -0.381. The van der Waals surface area contributed by atoms with E-state index in [0.29, 0.717) is 17.9 Å². The van der Waals surface area contributed by atoms with Gasteiger partial charge in [0.05, 0.1) is 16.7 Å². The number of furan rings is 1. The highest BCUT2D eigenvalue weighted by atomic mass is 32.1. The van der Waals surface area contributed by atoms with E-state index in [-0.39, 0.29) is 17.9 Å².